The molecule has 7 heteroatoms. The molecule has 3 aromatic rings. The number of aromatic nitrogens is 2. The van der Waals surface area contributed by atoms with Crippen LogP contribution in [0.4, 0.5) is 8.78 Å². The quantitative estimate of drug-likeness (QED) is 0.746. The van der Waals surface area contributed by atoms with E-state index < -0.39 is 6.55 Å². The summed E-state index contributed by atoms with van der Waals surface area (Å²) in [6.45, 7) is -2.73. The van der Waals surface area contributed by atoms with E-state index in [0.29, 0.717) is 5.75 Å². The Morgan fingerprint density at radius 1 is 1.32 bits per heavy atom. The predicted molar refractivity (Wildman–Crippen MR) is 89.5 cm³/mol. The molecular formula is C18H17F2N3O2. The van der Waals surface area contributed by atoms with Crippen molar-refractivity contribution in [1.29, 1.82) is 0 Å². The van der Waals surface area contributed by atoms with Gasteiger partial charge in [0.1, 0.15) is 11.6 Å². The number of alkyl halides is 2. The Balaban J connectivity index is 1.72. The van der Waals surface area contributed by atoms with Crippen LogP contribution < -0.4 is 10.1 Å². The number of carbonyl (C=O) groups excluding carboxylic acids is 1. The van der Waals surface area contributed by atoms with Gasteiger partial charge in [0.05, 0.1) is 20.1 Å². The molecule has 130 valence electrons. The van der Waals surface area contributed by atoms with Gasteiger partial charge in [0, 0.05) is 12.4 Å². The highest BCUT2D eigenvalue weighted by molar-refractivity contribution is 5.91. The standard InChI is InChI=1S/C18H17F2N3O2/c1-25-14-6-5-12-3-2-4-13(15(12)10-14)9-17(24)22-11-16-21-7-8-23(16)18(19)20/h2-8,10,18H,9,11H2,1H3,(H,22,24). The minimum Gasteiger partial charge on any atom is -0.497 e. The van der Waals surface area contributed by atoms with E-state index in [1.165, 1.54) is 12.4 Å². The Kier molecular flexibility index (Phi) is 4.92. The molecule has 0 aliphatic heterocycles. The van der Waals surface area contributed by atoms with E-state index in [-0.39, 0.29) is 24.7 Å². The molecule has 0 atom stereocenters. The minimum atomic E-state index is -2.68. The number of nitrogens with zero attached hydrogens (tertiary/aromatic N) is 2. The van der Waals surface area contributed by atoms with Crippen LogP contribution in [-0.2, 0) is 17.8 Å². The molecule has 1 aromatic heterocycles. The normalized spacial score (nSPS) is 11.0. The highest BCUT2D eigenvalue weighted by Gasteiger charge is 2.13. The van der Waals surface area contributed by atoms with Crippen molar-refractivity contribution in [1.82, 2.24) is 14.9 Å². The summed E-state index contributed by atoms with van der Waals surface area (Å²) in [5.74, 6) is 0.557. The van der Waals surface area contributed by atoms with E-state index in [4.69, 9.17) is 4.74 Å². The molecule has 0 spiro atoms. The van der Waals surface area contributed by atoms with E-state index in [2.05, 4.69) is 10.3 Å². The van der Waals surface area contributed by atoms with Crippen molar-refractivity contribution < 1.29 is 18.3 Å². The highest BCUT2D eigenvalue weighted by atomic mass is 19.3. The smallest absolute Gasteiger partial charge is 0.319 e. The number of hydrogen-bond donors (Lipinski definition) is 1. The first-order valence-electron chi connectivity index (χ1n) is 7.70. The second-order valence-electron chi connectivity index (χ2n) is 5.49. The fraction of sp³-hybridized carbons (Fsp3) is 0.222. The largest absolute Gasteiger partial charge is 0.497 e. The molecule has 1 amide bonds. The fourth-order valence-corrected chi connectivity index (χ4v) is 2.67. The van der Waals surface area contributed by atoms with E-state index >= 15 is 0 Å². The summed E-state index contributed by atoms with van der Waals surface area (Å²) in [6.07, 6.45) is 2.60. The molecule has 1 N–H and O–H groups in total. The first-order chi connectivity index (χ1) is 12.1. The average Bonchev–Trinajstić information content (AvgIpc) is 3.09. The third-order valence-electron chi connectivity index (χ3n) is 3.93. The molecule has 0 saturated carbocycles. The van der Waals surface area contributed by atoms with Gasteiger partial charge in [0.2, 0.25) is 5.91 Å². The zero-order chi connectivity index (χ0) is 17.8. The van der Waals surface area contributed by atoms with Gasteiger partial charge in [-0.05, 0) is 28.5 Å². The van der Waals surface area contributed by atoms with Crippen molar-refractivity contribution in [3.8, 4) is 5.75 Å². The number of hydrogen-bond acceptors (Lipinski definition) is 3. The number of methoxy groups -OCH3 is 1. The summed E-state index contributed by atoms with van der Waals surface area (Å²) in [5.41, 5.74) is 0.839. The average molecular weight is 345 g/mol. The summed E-state index contributed by atoms with van der Waals surface area (Å²) in [6, 6.07) is 11.4. The highest BCUT2D eigenvalue weighted by Crippen LogP contribution is 2.24. The van der Waals surface area contributed by atoms with Crippen molar-refractivity contribution >= 4 is 16.7 Å². The lowest BCUT2D eigenvalue weighted by Crippen LogP contribution is -2.26. The van der Waals surface area contributed by atoms with Crippen LogP contribution in [0.2, 0.25) is 0 Å². The second-order valence-corrected chi connectivity index (χ2v) is 5.49. The lowest BCUT2D eigenvalue weighted by atomic mass is 10.0. The monoisotopic (exact) mass is 345 g/mol. The number of rotatable bonds is 6. The van der Waals surface area contributed by atoms with Gasteiger partial charge in [-0.15, -0.1) is 0 Å². The van der Waals surface area contributed by atoms with Gasteiger partial charge < -0.3 is 10.1 Å². The lowest BCUT2D eigenvalue weighted by Gasteiger charge is -2.10. The number of nitrogens with one attached hydrogen (secondary N) is 1. The predicted octanol–water partition coefficient (Wildman–Crippen LogP) is 3.30. The molecule has 0 fully saturated rings. The van der Waals surface area contributed by atoms with Crippen molar-refractivity contribution in [3.63, 3.8) is 0 Å². The molecule has 0 aliphatic rings. The Bertz CT molecular complexity index is 893. The van der Waals surface area contributed by atoms with Crippen molar-refractivity contribution in [3.05, 3.63) is 60.2 Å². The maximum atomic E-state index is 12.8. The van der Waals surface area contributed by atoms with Crippen LogP contribution in [0.15, 0.2) is 48.8 Å². The van der Waals surface area contributed by atoms with Crippen LogP contribution in [0.1, 0.15) is 17.9 Å². The van der Waals surface area contributed by atoms with Crippen LogP contribution in [-0.4, -0.2) is 22.6 Å². The molecular weight excluding hydrogens is 328 g/mol. The number of benzene rings is 2. The Hall–Kier alpha value is -2.96. The third kappa shape index (κ3) is 3.76. The van der Waals surface area contributed by atoms with E-state index in [1.54, 1.807) is 7.11 Å². The Morgan fingerprint density at radius 2 is 2.16 bits per heavy atom. The molecule has 0 radical (unpaired) electrons. The number of amides is 1. The van der Waals surface area contributed by atoms with E-state index in [9.17, 15) is 13.6 Å². The molecule has 1 heterocycles. The summed E-state index contributed by atoms with van der Waals surface area (Å²) >= 11 is 0. The molecule has 0 saturated heterocycles. The molecule has 2 aromatic carbocycles. The molecule has 0 aliphatic carbocycles. The van der Waals surface area contributed by atoms with Gasteiger partial charge >= 0.3 is 6.55 Å². The number of imidazole rings is 1. The van der Waals surface area contributed by atoms with Crippen molar-refractivity contribution in [2.75, 3.05) is 7.11 Å². The first kappa shape index (κ1) is 16.9. The maximum Gasteiger partial charge on any atom is 0.319 e. The number of ether oxygens (including phenoxy) is 1. The molecule has 0 bridgehead atoms. The van der Waals surface area contributed by atoms with Crippen LogP contribution in [0.25, 0.3) is 10.8 Å². The molecule has 0 unspecified atom stereocenters. The van der Waals surface area contributed by atoms with Crippen LogP contribution in [0.3, 0.4) is 0 Å². The fourth-order valence-electron chi connectivity index (χ4n) is 2.67. The first-order valence-corrected chi connectivity index (χ1v) is 7.70. The Morgan fingerprint density at radius 3 is 2.92 bits per heavy atom. The van der Waals surface area contributed by atoms with Crippen LogP contribution >= 0.6 is 0 Å². The Labute approximate surface area is 143 Å². The third-order valence-corrected chi connectivity index (χ3v) is 3.93. The summed E-state index contributed by atoms with van der Waals surface area (Å²) in [4.78, 5) is 16.1. The van der Waals surface area contributed by atoms with Crippen molar-refractivity contribution in [2.45, 2.75) is 19.5 Å². The second kappa shape index (κ2) is 7.29. The molecule has 3 rings (SSSR count). The molecule has 5 nitrogen and oxygen atoms in total. The topological polar surface area (TPSA) is 56.1 Å². The number of fused-ring (bicyclic) bond motifs is 1. The van der Waals surface area contributed by atoms with Gasteiger partial charge in [-0.1, -0.05) is 24.3 Å². The van der Waals surface area contributed by atoms with E-state index in [1.807, 2.05) is 36.4 Å². The SMILES string of the molecule is COc1ccc2cccc(CC(=O)NCc3nccn3C(F)F)c2c1. The minimum absolute atomic E-state index is 0.0513. The summed E-state index contributed by atoms with van der Waals surface area (Å²) in [7, 11) is 1.58. The number of carbonyl (C=O) groups is 1. The van der Waals surface area contributed by atoms with Gasteiger partial charge in [0.15, 0.2) is 0 Å². The van der Waals surface area contributed by atoms with E-state index in [0.717, 1.165) is 20.9 Å². The van der Waals surface area contributed by atoms with Crippen molar-refractivity contribution in [2.24, 2.45) is 0 Å². The van der Waals surface area contributed by atoms with Gasteiger partial charge in [-0.25, -0.2) is 4.98 Å². The lowest BCUT2D eigenvalue weighted by molar-refractivity contribution is -0.120. The van der Waals surface area contributed by atoms with Gasteiger partial charge in [0.25, 0.3) is 0 Å². The van der Waals surface area contributed by atoms with Gasteiger partial charge in [-0.3, -0.25) is 9.36 Å². The van der Waals surface area contributed by atoms with Crippen LogP contribution in [0.5, 0.6) is 5.75 Å². The zero-order valence-electron chi connectivity index (χ0n) is 13.6. The van der Waals surface area contributed by atoms with Gasteiger partial charge in [-0.2, -0.15) is 8.78 Å². The van der Waals surface area contributed by atoms with Crippen LogP contribution in [0, 0.1) is 0 Å². The molecule has 25 heavy (non-hydrogen) atoms. The number of halogens is 2. The summed E-state index contributed by atoms with van der Waals surface area (Å²) < 4.78 is 31.5. The zero-order valence-corrected chi connectivity index (χ0v) is 13.6. The summed E-state index contributed by atoms with van der Waals surface area (Å²) in [5, 5.41) is 4.56. The maximum absolute atomic E-state index is 12.8.